The SMILES string of the molecule is O=C(N[C@H]1CN2CCC1CC2)c1cc(Br)c(Cl)s1. The zero-order chi connectivity index (χ0) is 12.7. The predicted molar refractivity (Wildman–Crippen MR) is 77.4 cm³/mol. The van der Waals surface area contributed by atoms with Gasteiger partial charge in [0.2, 0.25) is 0 Å². The summed E-state index contributed by atoms with van der Waals surface area (Å²) in [4.78, 5) is 15.3. The molecule has 1 aromatic rings. The van der Waals surface area contributed by atoms with Gasteiger partial charge in [-0.1, -0.05) is 11.6 Å². The Labute approximate surface area is 124 Å². The molecule has 3 aliphatic heterocycles. The third kappa shape index (κ3) is 2.46. The molecule has 1 amide bonds. The fraction of sp³-hybridized carbons (Fsp3) is 0.583. The van der Waals surface area contributed by atoms with Crippen molar-refractivity contribution in [2.75, 3.05) is 19.6 Å². The lowest BCUT2D eigenvalue weighted by molar-refractivity contribution is 0.0622. The first-order chi connectivity index (χ1) is 8.63. The maximum Gasteiger partial charge on any atom is 0.261 e. The first-order valence-corrected chi connectivity index (χ1v) is 8.10. The lowest BCUT2D eigenvalue weighted by Crippen LogP contribution is -2.57. The summed E-state index contributed by atoms with van der Waals surface area (Å²) in [5.74, 6) is 0.657. The van der Waals surface area contributed by atoms with Crippen LogP contribution in [0.3, 0.4) is 0 Å². The van der Waals surface area contributed by atoms with E-state index in [9.17, 15) is 4.79 Å². The van der Waals surface area contributed by atoms with Crippen molar-refractivity contribution in [3.63, 3.8) is 0 Å². The quantitative estimate of drug-likeness (QED) is 0.890. The van der Waals surface area contributed by atoms with Crippen LogP contribution in [0.1, 0.15) is 22.5 Å². The van der Waals surface area contributed by atoms with Gasteiger partial charge in [-0.05, 0) is 53.8 Å². The summed E-state index contributed by atoms with van der Waals surface area (Å²) in [6.45, 7) is 3.37. The number of hydrogen-bond donors (Lipinski definition) is 1. The lowest BCUT2D eigenvalue weighted by atomic mass is 9.84. The fourth-order valence-corrected chi connectivity index (χ4v) is 4.43. The number of amides is 1. The van der Waals surface area contributed by atoms with E-state index in [0.29, 0.717) is 21.2 Å². The van der Waals surface area contributed by atoms with E-state index < -0.39 is 0 Å². The Morgan fingerprint density at radius 2 is 2.22 bits per heavy atom. The number of rotatable bonds is 2. The Bertz CT molecular complexity index is 451. The molecule has 1 aromatic heterocycles. The Kier molecular flexibility index (Phi) is 3.67. The van der Waals surface area contributed by atoms with Crippen LogP contribution in [0.4, 0.5) is 0 Å². The van der Waals surface area contributed by atoms with Crippen molar-refractivity contribution in [2.24, 2.45) is 5.92 Å². The van der Waals surface area contributed by atoms with Gasteiger partial charge in [0.05, 0.1) is 4.88 Å². The number of thiophene rings is 1. The van der Waals surface area contributed by atoms with Gasteiger partial charge in [0.25, 0.3) is 5.91 Å². The molecule has 0 aromatic carbocycles. The summed E-state index contributed by atoms with van der Waals surface area (Å²) in [6.07, 6.45) is 2.42. The molecule has 3 fully saturated rings. The zero-order valence-corrected chi connectivity index (χ0v) is 12.9. The maximum atomic E-state index is 12.2. The van der Waals surface area contributed by atoms with Crippen molar-refractivity contribution in [1.29, 1.82) is 0 Å². The van der Waals surface area contributed by atoms with Crippen LogP contribution in [-0.4, -0.2) is 36.5 Å². The van der Waals surface area contributed by atoms with Crippen molar-refractivity contribution in [3.05, 3.63) is 19.8 Å². The lowest BCUT2D eigenvalue weighted by Gasteiger charge is -2.44. The third-order valence-electron chi connectivity index (χ3n) is 3.84. The van der Waals surface area contributed by atoms with Crippen molar-refractivity contribution in [2.45, 2.75) is 18.9 Å². The van der Waals surface area contributed by atoms with Gasteiger partial charge in [-0.15, -0.1) is 11.3 Å². The van der Waals surface area contributed by atoms with E-state index in [4.69, 9.17) is 11.6 Å². The molecule has 2 bridgehead atoms. The summed E-state index contributed by atoms with van der Waals surface area (Å²) >= 11 is 10.6. The zero-order valence-electron chi connectivity index (χ0n) is 9.79. The maximum absolute atomic E-state index is 12.2. The molecule has 4 heterocycles. The molecule has 1 atom stereocenters. The van der Waals surface area contributed by atoms with E-state index in [0.717, 1.165) is 11.0 Å². The van der Waals surface area contributed by atoms with Crippen LogP contribution in [0.2, 0.25) is 4.34 Å². The second-order valence-electron chi connectivity index (χ2n) is 4.95. The molecular weight excluding hydrogens is 336 g/mol. The highest BCUT2D eigenvalue weighted by atomic mass is 79.9. The molecule has 0 aliphatic carbocycles. The average molecular weight is 350 g/mol. The van der Waals surface area contributed by atoms with Crippen molar-refractivity contribution in [3.8, 4) is 0 Å². The van der Waals surface area contributed by atoms with E-state index in [1.807, 2.05) is 0 Å². The number of carbonyl (C=O) groups excluding carboxylic acids is 1. The average Bonchev–Trinajstić information content (AvgIpc) is 2.71. The summed E-state index contributed by atoms with van der Waals surface area (Å²) in [6, 6.07) is 2.10. The van der Waals surface area contributed by atoms with Gasteiger partial charge in [0.1, 0.15) is 4.34 Å². The highest BCUT2D eigenvalue weighted by Crippen LogP contribution is 2.32. The minimum Gasteiger partial charge on any atom is -0.347 e. The molecule has 6 heteroatoms. The summed E-state index contributed by atoms with van der Waals surface area (Å²) < 4.78 is 1.43. The molecule has 4 rings (SSSR count). The van der Waals surface area contributed by atoms with Gasteiger partial charge in [-0.25, -0.2) is 0 Å². The number of carbonyl (C=O) groups is 1. The fourth-order valence-electron chi connectivity index (χ4n) is 2.83. The first kappa shape index (κ1) is 12.9. The second kappa shape index (κ2) is 5.12. The van der Waals surface area contributed by atoms with Crippen LogP contribution in [0.5, 0.6) is 0 Å². The number of hydrogen-bond acceptors (Lipinski definition) is 3. The number of nitrogens with zero attached hydrogens (tertiary/aromatic N) is 1. The number of halogens is 2. The smallest absolute Gasteiger partial charge is 0.261 e. The van der Waals surface area contributed by atoms with Crippen LogP contribution in [-0.2, 0) is 0 Å². The van der Waals surface area contributed by atoms with Crippen LogP contribution < -0.4 is 5.32 Å². The number of fused-ring (bicyclic) bond motifs is 3. The summed E-state index contributed by atoms with van der Waals surface area (Å²) in [5, 5.41) is 3.16. The molecular formula is C12H14BrClN2OS. The molecule has 3 nitrogen and oxygen atoms in total. The predicted octanol–water partition coefficient (Wildman–Crippen LogP) is 2.99. The number of nitrogens with one attached hydrogen (secondary N) is 1. The second-order valence-corrected chi connectivity index (χ2v) is 7.46. The Morgan fingerprint density at radius 3 is 2.72 bits per heavy atom. The van der Waals surface area contributed by atoms with Crippen molar-refractivity contribution >= 4 is 44.8 Å². The molecule has 0 saturated carbocycles. The van der Waals surface area contributed by atoms with Gasteiger partial charge in [0.15, 0.2) is 0 Å². The normalized spacial score (nSPS) is 30.4. The van der Waals surface area contributed by atoms with E-state index in [1.165, 1.54) is 37.3 Å². The first-order valence-electron chi connectivity index (χ1n) is 6.11. The molecule has 0 radical (unpaired) electrons. The van der Waals surface area contributed by atoms with Crippen LogP contribution in [0.15, 0.2) is 10.5 Å². The number of piperidine rings is 3. The minimum atomic E-state index is 0.00588. The molecule has 0 unspecified atom stereocenters. The molecule has 3 saturated heterocycles. The molecule has 0 spiro atoms. The summed E-state index contributed by atoms with van der Waals surface area (Å²) in [7, 11) is 0. The van der Waals surface area contributed by atoms with Gasteiger partial charge in [-0.3, -0.25) is 4.79 Å². The van der Waals surface area contributed by atoms with Crippen molar-refractivity contribution < 1.29 is 4.79 Å². The Balaban J connectivity index is 1.67. The molecule has 3 aliphatic rings. The minimum absolute atomic E-state index is 0.00588. The van der Waals surface area contributed by atoms with E-state index in [-0.39, 0.29) is 5.91 Å². The van der Waals surface area contributed by atoms with Gasteiger partial charge in [-0.2, -0.15) is 0 Å². The van der Waals surface area contributed by atoms with Crippen LogP contribution in [0.25, 0.3) is 0 Å². The topological polar surface area (TPSA) is 32.3 Å². The van der Waals surface area contributed by atoms with Crippen LogP contribution >= 0.6 is 38.9 Å². The van der Waals surface area contributed by atoms with E-state index in [1.54, 1.807) is 6.07 Å². The summed E-state index contributed by atoms with van der Waals surface area (Å²) in [5.41, 5.74) is 0. The largest absolute Gasteiger partial charge is 0.347 e. The van der Waals surface area contributed by atoms with Crippen LogP contribution in [0, 0.1) is 5.92 Å². The van der Waals surface area contributed by atoms with E-state index in [2.05, 4.69) is 26.1 Å². The monoisotopic (exact) mass is 348 g/mol. The van der Waals surface area contributed by atoms with Gasteiger partial charge >= 0.3 is 0 Å². The van der Waals surface area contributed by atoms with Gasteiger partial charge in [0, 0.05) is 17.1 Å². The molecule has 98 valence electrons. The van der Waals surface area contributed by atoms with E-state index >= 15 is 0 Å². The standard InChI is InChI=1S/C12H14BrClN2OS/c13-8-5-10(18-11(8)14)12(17)15-9-6-16-3-1-7(9)2-4-16/h5,7,9H,1-4,6H2,(H,15,17)/t9-/m0/s1. The third-order valence-corrected chi connectivity index (χ3v) is 6.32. The van der Waals surface area contributed by atoms with Crippen molar-refractivity contribution in [1.82, 2.24) is 10.2 Å². The molecule has 1 N–H and O–H groups in total. The highest BCUT2D eigenvalue weighted by molar-refractivity contribution is 9.10. The highest BCUT2D eigenvalue weighted by Gasteiger charge is 2.35. The molecule has 18 heavy (non-hydrogen) atoms. The Hall–Kier alpha value is -0.100. The van der Waals surface area contributed by atoms with Gasteiger partial charge < -0.3 is 10.2 Å². The Morgan fingerprint density at radius 1 is 1.50 bits per heavy atom.